The molecule has 0 amide bonds. The van der Waals surface area contributed by atoms with Crippen molar-refractivity contribution in [2.75, 3.05) is 39.8 Å². The zero-order chi connectivity index (χ0) is 10.0. The Morgan fingerprint density at radius 2 is 1.86 bits per heavy atom. The van der Waals surface area contributed by atoms with Crippen molar-refractivity contribution < 1.29 is 0 Å². The molecule has 0 unspecified atom stereocenters. The standard InChI is InChI=1S/C11H19N3/c1-13-5-7-14(8-6-13)10-11(9-12)3-2-4-11/h2-8,10H2,1H3. The zero-order valence-corrected chi connectivity index (χ0v) is 9.00. The molecule has 0 radical (unpaired) electrons. The summed E-state index contributed by atoms with van der Waals surface area (Å²) in [4.78, 5) is 4.82. The molecule has 0 N–H and O–H groups in total. The Balaban J connectivity index is 1.83. The van der Waals surface area contributed by atoms with Gasteiger partial charge in [-0.2, -0.15) is 5.26 Å². The van der Waals surface area contributed by atoms with Crippen LogP contribution >= 0.6 is 0 Å². The van der Waals surface area contributed by atoms with Gasteiger partial charge in [0.05, 0.1) is 11.5 Å². The van der Waals surface area contributed by atoms with E-state index < -0.39 is 0 Å². The highest BCUT2D eigenvalue weighted by molar-refractivity contribution is 5.06. The lowest BCUT2D eigenvalue weighted by Crippen LogP contribution is -2.49. The number of hydrogen-bond acceptors (Lipinski definition) is 3. The van der Waals surface area contributed by atoms with Crippen molar-refractivity contribution in [2.45, 2.75) is 19.3 Å². The van der Waals surface area contributed by atoms with Crippen LogP contribution in [0.15, 0.2) is 0 Å². The lowest BCUT2D eigenvalue weighted by atomic mass is 9.69. The maximum atomic E-state index is 9.13. The normalized spacial score (nSPS) is 28.0. The predicted molar refractivity (Wildman–Crippen MR) is 55.8 cm³/mol. The van der Waals surface area contributed by atoms with Crippen LogP contribution < -0.4 is 0 Å². The van der Waals surface area contributed by atoms with Crippen molar-refractivity contribution in [1.82, 2.24) is 9.80 Å². The van der Waals surface area contributed by atoms with Gasteiger partial charge >= 0.3 is 0 Å². The maximum Gasteiger partial charge on any atom is 0.0703 e. The summed E-state index contributed by atoms with van der Waals surface area (Å²) in [6.45, 7) is 5.60. The van der Waals surface area contributed by atoms with Gasteiger partial charge in [-0.15, -0.1) is 0 Å². The minimum atomic E-state index is 0.0237. The van der Waals surface area contributed by atoms with Crippen molar-refractivity contribution in [3.8, 4) is 6.07 Å². The molecule has 0 bridgehead atoms. The first kappa shape index (κ1) is 9.95. The number of rotatable bonds is 2. The lowest BCUT2D eigenvalue weighted by Gasteiger charge is -2.42. The lowest BCUT2D eigenvalue weighted by molar-refractivity contribution is 0.0808. The van der Waals surface area contributed by atoms with Crippen molar-refractivity contribution in [2.24, 2.45) is 5.41 Å². The van der Waals surface area contributed by atoms with E-state index in [4.69, 9.17) is 5.26 Å². The molecule has 1 aliphatic heterocycles. The minimum Gasteiger partial charge on any atom is -0.304 e. The molecule has 1 aliphatic carbocycles. The largest absolute Gasteiger partial charge is 0.304 e. The van der Waals surface area contributed by atoms with E-state index >= 15 is 0 Å². The van der Waals surface area contributed by atoms with Crippen molar-refractivity contribution in [3.05, 3.63) is 0 Å². The molecule has 14 heavy (non-hydrogen) atoms. The van der Waals surface area contributed by atoms with Gasteiger partial charge < -0.3 is 4.90 Å². The summed E-state index contributed by atoms with van der Waals surface area (Å²) in [5.74, 6) is 0. The first-order valence-corrected chi connectivity index (χ1v) is 5.56. The molecule has 1 heterocycles. The van der Waals surface area contributed by atoms with E-state index in [-0.39, 0.29) is 5.41 Å². The quantitative estimate of drug-likeness (QED) is 0.653. The highest BCUT2D eigenvalue weighted by Gasteiger charge is 2.38. The smallest absolute Gasteiger partial charge is 0.0703 e. The molecule has 0 aromatic carbocycles. The van der Waals surface area contributed by atoms with Gasteiger partial charge in [-0.25, -0.2) is 0 Å². The van der Waals surface area contributed by atoms with E-state index in [1.807, 2.05) is 0 Å². The van der Waals surface area contributed by atoms with Gasteiger partial charge in [-0.3, -0.25) is 4.90 Å². The number of hydrogen-bond donors (Lipinski definition) is 0. The average Bonchev–Trinajstić information content (AvgIpc) is 2.15. The van der Waals surface area contributed by atoms with E-state index in [0.717, 1.165) is 45.6 Å². The maximum absolute atomic E-state index is 9.13. The Bertz CT molecular complexity index is 231. The Hall–Kier alpha value is -0.590. The summed E-state index contributed by atoms with van der Waals surface area (Å²) < 4.78 is 0. The highest BCUT2D eigenvalue weighted by atomic mass is 15.2. The van der Waals surface area contributed by atoms with E-state index in [9.17, 15) is 0 Å². The van der Waals surface area contributed by atoms with Crippen LogP contribution in [-0.4, -0.2) is 49.6 Å². The van der Waals surface area contributed by atoms with E-state index in [2.05, 4.69) is 22.9 Å². The molecule has 2 fully saturated rings. The first-order valence-electron chi connectivity index (χ1n) is 5.56. The van der Waals surface area contributed by atoms with Crippen LogP contribution in [0, 0.1) is 16.7 Å². The Kier molecular flexibility index (Phi) is 2.76. The fourth-order valence-corrected chi connectivity index (χ4v) is 2.34. The molecular weight excluding hydrogens is 174 g/mol. The highest BCUT2D eigenvalue weighted by Crippen LogP contribution is 2.40. The van der Waals surface area contributed by atoms with Gasteiger partial charge in [0.2, 0.25) is 0 Å². The van der Waals surface area contributed by atoms with E-state index in [1.165, 1.54) is 6.42 Å². The van der Waals surface area contributed by atoms with Gasteiger partial charge in [0.25, 0.3) is 0 Å². The predicted octanol–water partition coefficient (Wildman–Crippen LogP) is 0.928. The fourth-order valence-electron chi connectivity index (χ4n) is 2.34. The van der Waals surface area contributed by atoms with Gasteiger partial charge in [-0.05, 0) is 19.9 Å². The Labute approximate surface area is 86.3 Å². The molecule has 3 heteroatoms. The number of piperazine rings is 1. The van der Waals surface area contributed by atoms with Crippen LogP contribution in [0.4, 0.5) is 0 Å². The summed E-state index contributed by atoms with van der Waals surface area (Å²) in [6, 6.07) is 2.52. The Morgan fingerprint density at radius 1 is 1.21 bits per heavy atom. The minimum absolute atomic E-state index is 0.0237. The summed E-state index contributed by atoms with van der Waals surface area (Å²) in [5, 5.41) is 9.13. The molecule has 3 nitrogen and oxygen atoms in total. The third-order valence-electron chi connectivity index (χ3n) is 3.67. The third-order valence-corrected chi connectivity index (χ3v) is 3.67. The molecule has 0 spiro atoms. The van der Waals surface area contributed by atoms with Crippen molar-refractivity contribution in [3.63, 3.8) is 0 Å². The van der Waals surface area contributed by atoms with Crippen LogP contribution in [-0.2, 0) is 0 Å². The molecular formula is C11H19N3. The first-order chi connectivity index (χ1) is 6.74. The molecule has 1 saturated carbocycles. The average molecular weight is 193 g/mol. The molecule has 2 aliphatic rings. The third kappa shape index (κ3) is 1.92. The van der Waals surface area contributed by atoms with Crippen LogP contribution in [0.2, 0.25) is 0 Å². The second kappa shape index (κ2) is 3.88. The zero-order valence-electron chi connectivity index (χ0n) is 9.00. The Morgan fingerprint density at radius 3 is 2.29 bits per heavy atom. The summed E-state index contributed by atoms with van der Waals surface area (Å²) in [5.41, 5.74) is 0.0237. The van der Waals surface area contributed by atoms with Crippen molar-refractivity contribution >= 4 is 0 Å². The second-order valence-electron chi connectivity index (χ2n) is 4.83. The van der Waals surface area contributed by atoms with Gasteiger partial charge in [0.15, 0.2) is 0 Å². The van der Waals surface area contributed by atoms with E-state index in [1.54, 1.807) is 0 Å². The van der Waals surface area contributed by atoms with Gasteiger partial charge in [0.1, 0.15) is 0 Å². The van der Waals surface area contributed by atoms with E-state index in [0.29, 0.717) is 0 Å². The summed E-state index contributed by atoms with van der Waals surface area (Å²) in [7, 11) is 2.17. The fraction of sp³-hybridized carbons (Fsp3) is 0.909. The summed E-state index contributed by atoms with van der Waals surface area (Å²) >= 11 is 0. The van der Waals surface area contributed by atoms with Crippen LogP contribution in [0.5, 0.6) is 0 Å². The SMILES string of the molecule is CN1CCN(CC2(C#N)CCC2)CC1. The molecule has 78 valence electrons. The van der Waals surface area contributed by atoms with Gasteiger partial charge in [0, 0.05) is 32.7 Å². The topological polar surface area (TPSA) is 30.3 Å². The van der Waals surface area contributed by atoms with Crippen LogP contribution in [0.25, 0.3) is 0 Å². The van der Waals surface area contributed by atoms with Gasteiger partial charge in [-0.1, -0.05) is 6.42 Å². The van der Waals surface area contributed by atoms with Crippen LogP contribution in [0.3, 0.4) is 0 Å². The second-order valence-corrected chi connectivity index (χ2v) is 4.83. The molecule has 1 saturated heterocycles. The molecule has 0 aromatic heterocycles. The number of nitrogens with zero attached hydrogens (tertiary/aromatic N) is 3. The van der Waals surface area contributed by atoms with Crippen LogP contribution in [0.1, 0.15) is 19.3 Å². The molecule has 2 rings (SSSR count). The summed E-state index contributed by atoms with van der Waals surface area (Å²) in [6.07, 6.45) is 3.49. The number of nitriles is 1. The van der Waals surface area contributed by atoms with Crippen molar-refractivity contribution in [1.29, 1.82) is 5.26 Å². The monoisotopic (exact) mass is 193 g/mol. The number of likely N-dealkylation sites (N-methyl/N-ethyl adjacent to an activating group) is 1. The molecule has 0 aromatic rings. The molecule has 0 atom stereocenters.